The molecule has 0 radical (unpaired) electrons. The van der Waals surface area contributed by atoms with Gasteiger partial charge >= 0.3 is 0 Å². The number of nitrogen functional groups attached to an aromatic ring is 1. The maximum atomic E-state index is 6.37. The predicted molar refractivity (Wildman–Crippen MR) is 110 cm³/mol. The molecule has 0 fully saturated rings. The van der Waals surface area contributed by atoms with E-state index in [0.717, 1.165) is 11.3 Å². The molecule has 1 aromatic heterocycles. The van der Waals surface area contributed by atoms with Crippen LogP contribution >= 0.6 is 23.2 Å². The first-order valence-electron chi connectivity index (χ1n) is 8.16. The van der Waals surface area contributed by atoms with Crippen LogP contribution < -0.4 is 16.0 Å². The Labute approximate surface area is 162 Å². The van der Waals surface area contributed by atoms with Gasteiger partial charge in [0, 0.05) is 17.3 Å². The van der Waals surface area contributed by atoms with Gasteiger partial charge in [0.15, 0.2) is 11.6 Å². The highest BCUT2D eigenvalue weighted by atomic mass is 35.5. The average molecular weight is 388 g/mol. The molecule has 0 spiro atoms. The molecule has 0 unspecified atom stereocenters. The van der Waals surface area contributed by atoms with E-state index in [1.165, 1.54) is 6.33 Å². The van der Waals surface area contributed by atoms with E-state index in [0.29, 0.717) is 39.6 Å². The molecule has 0 atom stereocenters. The molecule has 3 aromatic rings. The minimum Gasteiger partial charge on any atom is -0.393 e. The average Bonchev–Trinajstić information content (AvgIpc) is 2.62. The molecule has 26 heavy (non-hydrogen) atoms. The predicted octanol–water partition coefficient (Wildman–Crippen LogP) is 5.58. The zero-order valence-electron chi connectivity index (χ0n) is 14.5. The van der Waals surface area contributed by atoms with Crippen LogP contribution in [0.2, 0.25) is 10.0 Å². The Morgan fingerprint density at radius 2 is 1.92 bits per heavy atom. The first kappa shape index (κ1) is 18.3. The number of anilines is 5. The van der Waals surface area contributed by atoms with Gasteiger partial charge in [-0.15, -0.1) is 0 Å². The molecule has 0 aliphatic heterocycles. The highest BCUT2D eigenvalue weighted by Gasteiger charge is 2.16. The van der Waals surface area contributed by atoms with E-state index in [2.05, 4.69) is 34.3 Å². The third-order valence-electron chi connectivity index (χ3n) is 3.93. The summed E-state index contributed by atoms with van der Waals surface area (Å²) in [6.45, 7) is 4.81. The SMILES string of the molecule is CCN(c1cccc(C)c1)c1ncnc(Nc2cc(Cl)ccc2Cl)c1N. The summed E-state index contributed by atoms with van der Waals surface area (Å²) >= 11 is 12.3. The number of aryl methyl sites for hydroxylation is 1. The normalized spacial score (nSPS) is 10.6. The molecule has 0 amide bonds. The van der Waals surface area contributed by atoms with Crippen LogP contribution in [0.1, 0.15) is 12.5 Å². The van der Waals surface area contributed by atoms with Crippen molar-refractivity contribution >= 4 is 51.9 Å². The van der Waals surface area contributed by atoms with Gasteiger partial charge in [-0.3, -0.25) is 0 Å². The first-order chi connectivity index (χ1) is 12.5. The van der Waals surface area contributed by atoms with Crippen LogP contribution in [0.15, 0.2) is 48.8 Å². The Balaban J connectivity index is 1.99. The minimum absolute atomic E-state index is 0.437. The van der Waals surface area contributed by atoms with Gasteiger partial charge in [0.05, 0.1) is 10.7 Å². The Morgan fingerprint density at radius 1 is 1.12 bits per heavy atom. The molecule has 0 saturated heterocycles. The van der Waals surface area contributed by atoms with Crippen molar-refractivity contribution in [2.75, 3.05) is 22.5 Å². The highest BCUT2D eigenvalue weighted by Crippen LogP contribution is 2.35. The van der Waals surface area contributed by atoms with Crippen molar-refractivity contribution in [1.82, 2.24) is 9.97 Å². The van der Waals surface area contributed by atoms with Gasteiger partial charge in [0.25, 0.3) is 0 Å². The monoisotopic (exact) mass is 387 g/mol. The second kappa shape index (κ2) is 7.81. The third kappa shape index (κ3) is 3.84. The lowest BCUT2D eigenvalue weighted by molar-refractivity contribution is 0.979. The van der Waals surface area contributed by atoms with Gasteiger partial charge in [-0.05, 0) is 49.7 Å². The van der Waals surface area contributed by atoms with Crippen LogP contribution in [0.3, 0.4) is 0 Å². The van der Waals surface area contributed by atoms with E-state index in [4.69, 9.17) is 28.9 Å². The van der Waals surface area contributed by atoms with Crippen LogP contribution in [-0.4, -0.2) is 16.5 Å². The molecule has 1 heterocycles. The van der Waals surface area contributed by atoms with Gasteiger partial charge in [-0.25, -0.2) is 9.97 Å². The van der Waals surface area contributed by atoms with Gasteiger partial charge < -0.3 is 16.0 Å². The fourth-order valence-electron chi connectivity index (χ4n) is 2.67. The van der Waals surface area contributed by atoms with Crippen molar-refractivity contribution in [2.45, 2.75) is 13.8 Å². The number of halogens is 2. The lowest BCUT2D eigenvalue weighted by Gasteiger charge is -2.24. The van der Waals surface area contributed by atoms with Crippen LogP contribution in [-0.2, 0) is 0 Å². The Hall–Kier alpha value is -2.50. The smallest absolute Gasteiger partial charge is 0.161 e. The fraction of sp³-hybridized carbons (Fsp3) is 0.158. The Kier molecular flexibility index (Phi) is 5.49. The molecular formula is C19H19Cl2N5. The lowest BCUT2D eigenvalue weighted by atomic mass is 10.2. The van der Waals surface area contributed by atoms with E-state index in [1.807, 2.05) is 24.0 Å². The topological polar surface area (TPSA) is 67.1 Å². The maximum Gasteiger partial charge on any atom is 0.161 e. The first-order valence-corrected chi connectivity index (χ1v) is 8.92. The van der Waals surface area contributed by atoms with E-state index >= 15 is 0 Å². The number of nitrogens with zero attached hydrogens (tertiary/aromatic N) is 3. The zero-order valence-corrected chi connectivity index (χ0v) is 16.0. The summed E-state index contributed by atoms with van der Waals surface area (Å²) in [5.74, 6) is 1.11. The largest absolute Gasteiger partial charge is 0.393 e. The summed E-state index contributed by atoms with van der Waals surface area (Å²) in [5.41, 5.74) is 9.62. The summed E-state index contributed by atoms with van der Waals surface area (Å²) in [6.07, 6.45) is 1.48. The molecule has 3 N–H and O–H groups in total. The molecular weight excluding hydrogens is 369 g/mol. The number of nitrogens with one attached hydrogen (secondary N) is 1. The maximum absolute atomic E-state index is 6.37. The van der Waals surface area contributed by atoms with Crippen LogP contribution in [0.25, 0.3) is 0 Å². The third-order valence-corrected chi connectivity index (χ3v) is 4.49. The minimum atomic E-state index is 0.437. The van der Waals surface area contributed by atoms with Crippen molar-refractivity contribution in [3.63, 3.8) is 0 Å². The molecule has 0 saturated carbocycles. The highest BCUT2D eigenvalue weighted by molar-refractivity contribution is 6.35. The van der Waals surface area contributed by atoms with Crippen molar-refractivity contribution in [2.24, 2.45) is 0 Å². The zero-order chi connectivity index (χ0) is 18.7. The van der Waals surface area contributed by atoms with Gasteiger partial charge in [0.1, 0.15) is 12.0 Å². The van der Waals surface area contributed by atoms with Crippen molar-refractivity contribution in [3.8, 4) is 0 Å². The molecule has 5 nitrogen and oxygen atoms in total. The van der Waals surface area contributed by atoms with Crippen molar-refractivity contribution in [1.29, 1.82) is 0 Å². The standard InChI is InChI=1S/C19H19Cl2N5/c1-3-26(14-6-4-5-12(2)9-14)19-17(22)18(23-11-24-19)25-16-10-13(20)7-8-15(16)21/h4-11H,3,22H2,1-2H3,(H,23,24,25). The second-order valence-electron chi connectivity index (χ2n) is 5.79. The molecule has 7 heteroatoms. The van der Waals surface area contributed by atoms with Crippen molar-refractivity contribution < 1.29 is 0 Å². The number of hydrogen-bond donors (Lipinski definition) is 2. The van der Waals surface area contributed by atoms with Gasteiger partial charge in [-0.2, -0.15) is 0 Å². The number of hydrogen-bond acceptors (Lipinski definition) is 5. The summed E-state index contributed by atoms with van der Waals surface area (Å²) in [6, 6.07) is 13.3. The summed E-state index contributed by atoms with van der Waals surface area (Å²) in [5, 5.41) is 4.24. The van der Waals surface area contributed by atoms with Gasteiger partial charge in [0.2, 0.25) is 0 Å². The number of rotatable bonds is 5. The van der Waals surface area contributed by atoms with E-state index < -0.39 is 0 Å². The van der Waals surface area contributed by atoms with Crippen LogP contribution in [0.5, 0.6) is 0 Å². The molecule has 2 aromatic carbocycles. The molecule has 134 valence electrons. The van der Waals surface area contributed by atoms with E-state index in [9.17, 15) is 0 Å². The number of benzene rings is 2. The number of nitrogens with two attached hydrogens (primary N) is 1. The molecule has 0 aliphatic carbocycles. The Bertz CT molecular complexity index is 930. The lowest BCUT2D eigenvalue weighted by Crippen LogP contribution is -2.20. The Morgan fingerprint density at radius 3 is 2.65 bits per heavy atom. The van der Waals surface area contributed by atoms with E-state index in [1.54, 1.807) is 18.2 Å². The second-order valence-corrected chi connectivity index (χ2v) is 6.64. The summed E-state index contributed by atoms with van der Waals surface area (Å²) in [7, 11) is 0. The molecule has 0 bridgehead atoms. The molecule has 0 aliphatic rings. The summed E-state index contributed by atoms with van der Waals surface area (Å²) in [4.78, 5) is 10.7. The quantitative estimate of drug-likeness (QED) is 0.598. The van der Waals surface area contributed by atoms with Gasteiger partial charge in [-0.1, -0.05) is 35.3 Å². The van der Waals surface area contributed by atoms with Crippen LogP contribution in [0, 0.1) is 6.92 Å². The molecule has 3 rings (SSSR count). The summed E-state index contributed by atoms with van der Waals surface area (Å²) < 4.78 is 0. The number of aromatic nitrogens is 2. The fourth-order valence-corrected chi connectivity index (χ4v) is 3.01. The van der Waals surface area contributed by atoms with Crippen LogP contribution in [0.4, 0.5) is 28.7 Å². The van der Waals surface area contributed by atoms with Crippen molar-refractivity contribution in [3.05, 3.63) is 64.4 Å². The van der Waals surface area contributed by atoms with E-state index in [-0.39, 0.29) is 0 Å².